The van der Waals surface area contributed by atoms with Gasteiger partial charge in [0.05, 0.1) is 25.7 Å². The normalized spacial score (nSPS) is 24.0. The molecule has 2 heterocycles. The fourth-order valence-electron chi connectivity index (χ4n) is 6.50. The maximum atomic E-state index is 14.3. The van der Waals surface area contributed by atoms with Crippen LogP contribution in [0, 0.1) is 0 Å². The number of furan rings is 1. The van der Waals surface area contributed by atoms with Gasteiger partial charge >= 0.3 is 0 Å². The summed E-state index contributed by atoms with van der Waals surface area (Å²) in [6.45, 7) is -0.107. The molecule has 9 heteroatoms. The number of fused-ring (bicyclic) bond motifs is 4. The Morgan fingerprint density at radius 2 is 1.90 bits per heavy atom. The van der Waals surface area contributed by atoms with Crippen LogP contribution in [0.15, 0.2) is 64.6 Å². The van der Waals surface area contributed by atoms with Gasteiger partial charge in [-0.1, -0.05) is 49.6 Å². The molecule has 2 aromatic carbocycles. The van der Waals surface area contributed by atoms with Gasteiger partial charge in [-0.2, -0.15) is 0 Å². The molecular formula is C31H34N2O7. The van der Waals surface area contributed by atoms with Crippen molar-refractivity contribution in [2.24, 2.45) is 0 Å². The first-order chi connectivity index (χ1) is 19.5. The number of nitrogens with one attached hydrogen (secondary N) is 1. The summed E-state index contributed by atoms with van der Waals surface area (Å²) in [6.07, 6.45) is 4.47. The van der Waals surface area contributed by atoms with E-state index in [0.717, 1.165) is 43.1 Å². The van der Waals surface area contributed by atoms with Crippen LogP contribution in [0.1, 0.15) is 54.1 Å². The molecule has 0 bridgehead atoms. The highest BCUT2D eigenvalue weighted by atomic mass is 16.5. The van der Waals surface area contributed by atoms with Crippen LogP contribution in [-0.2, 0) is 4.79 Å². The average Bonchev–Trinajstić information content (AvgIpc) is 3.60. The second kappa shape index (κ2) is 11.0. The van der Waals surface area contributed by atoms with E-state index in [4.69, 9.17) is 13.9 Å². The van der Waals surface area contributed by atoms with E-state index in [1.165, 1.54) is 0 Å². The molecule has 2 aliphatic carbocycles. The lowest BCUT2D eigenvalue weighted by Crippen LogP contribution is -2.58. The van der Waals surface area contributed by atoms with E-state index in [1.807, 2.05) is 36.4 Å². The van der Waals surface area contributed by atoms with E-state index in [1.54, 1.807) is 30.2 Å². The number of amides is 2. The fourth-order valence-corrected chi connectivity index (χ4v) is 6.50. The van der Waals surface area contributed by atoms with E-state index in [-0.39, 0.29) is 36.8 Å². The predicted molar refractivity (Wildman–Crippen MR) is 147 cm³/mol. The van der Waals surface area contributed by atoms with Gasteiger partial charge < -0.3 is 34.3 Å². The van der Waals surface area contributed by atoms with E-state index >= 15 is 0 Å². The molecule has 4 atom stereocenters. The van der Waals surface area contributed by atoms with Gasteiger partial charge in [-0.3, -0.25) is 9.59 Å². The summed E-state index contributed by atoms with van der Waals surface area (Å²) in [7, 11) is 1.55. The molecule has 0 spiro atoms. The van der Waals surface area contributed by atoms with E-state index < -0.39 is 24.2 Å². The summed E-state index contributed by atoms with van der Waals surface area (Å²) in [5, 5.41) is 24.7. The first-order valence-electron chi connectivity index (χ1n) is 14.0. The number of hydrogen-bond donors (Lipinski definition) is 3. The van der Waals surface area contributed by atoms with Gasteiger partial charge in [-0.25, -0.2) is 0 Å². The van der Waals surface area contributed by atoms with Crippen molar-refractivity contribution < 1.29 is 33.7 Å². The van der Waals surface area contributed by atoms with Crippen molar-refractivity contribution in [1.29, 1.82) is 0 Å². The molecule has 3 aliphatic rings. The highest BCUT2D eigenvalue weighted by molar-refractivity contribution is 5.99. The highest BCUT2D eigenvalue weighted by Crippen LogP contribution is 2.48. The number of benzene rings is 2. The minimum absolute atomic E-state index is 0.0926. The Hall–Kier alpha value is -3.82. The Balaban J connectivity index is 1.44. The number of nitrogens with zero attached hydrogens (tertiary/aromatic N) is 1. The monoisotopic (exact) mass is 546 g/mol. The number of ether oxygens (including phenoxy) is 2. The third-order valence-corrected chi connectivity index (χ3v) is 8.34. The van der Waals surface area contributed by atoms with Gasteiger partial charge in [0.25, 0.3) is 5.91 Å². The van der Waals surface area contributed by atoms with Gasteiger partial charge in [-0.05, 0) is 37.1 Å². The number of aliphatic hydroxyl groups is 2. The molecule has 6 rings (SSSR count). The van der Waals surface area contributed by atoms with Gasteiger partial charge in [0.15, 0.2) is 17.1 Å². The molecule has 3 N–H and O–H groups in total. The summed E-state index contributed by atoms with van der Waals surface area (Å²) in [5.41, 5.74) is 1.71. The number of hydrogen-bond acceptors (Lipinski definition) is 7. The van der Waals surface area contributed by atoms with Crippen LogP contribution < -0.4 is 14.8 Å². The zero-order chi connectivity index (χ0) is 27.8. The maximum absolute atomic E-state index is 14.3. The van der Waals surface area contributed by atoms with Crippen molar-refractivity contribution in [3.63, 3.8) is 0 Å². The van der Waals surface area contributed by atoms with Gasteiger partial charge in [0, 0.05) is 29.1 Å². The Labute approximate surface area is 232 Å². The van der Waals surface area contributed by atoms with Crippen LogP contribution in [-0.4, -0.2) is 71.5 Å². The smallest absolute Gasteiger partial charge is 0.290 e. The molecule has 1 aromatic heterocycles. The number of aliphatic hydroxyl groups excluding tert-OH is 2. The minimum atomic E-state index is -1.09. The fraction of sp³-hybridized carbons (Fsp3) is 0.419. The number of carbonyl (C=O) groups excluding carboxylic acids is 2. The van der Waals surface area contributed by atoms with Gasteiger partial charge in [-0.15, -0.1) is 0 Å². The zero-order valence-electron chi connectivity index (χ0n) is 22.4. The van der Waals surface area contributed by atoms with Crippen molar-refractivity contribution in [2.75, 3.05) is 20.3 Å². The summed E-state index contributed by atoms with van der Waals surface area (Å²) in [6, 6.07) is 13.7. The highest BCUT2D eigenvalue weighted by Gasteiger charge is 2.51. The predicted octanol–water partition coefficient (Wildman–Crippen LogP) is 3.54. The Kier molecular flexibility index (Phi) is 7.25. The van der Waals surface area contributed by atoms with Crippen LogP contribution in [0.2, 0.25) is 0 Å². The van der Waals surface area contributed by atoms with Crippen molar-refractivity contribution in [1.82, 2.24) is 10.2 Å². The summed E-state index contributed by atoms with van der Waals surface area (Å²) >= 11 is 0. The lowest BCUT2D eigenvalue weighted by atomic mass is 9.77. The quantitative estimate of drug-likeness (QED) is 0.415. The SMILES string of the molecule is COc1cccc2cc(C(=O)N(C3CCCCC3)[C@@H]3C=C(C(=O)NCCO)[C@@H]4c5ccccc5O[C@@H]4[C@H]3O)oc12. The Morgan fingerprint density at radius 1 is 1.10 bits per heavy atom. The largest absolute Gasteiger partial charge is 0.493 e. The molecule has 0 radical (unpaired) electrons. The maximum Gasteiger partial charge on any atom is 0.290 e. The van der Waals surface area contributed by atoms with Crippen LogP contribution >= 0.6 is 0 Å². The topological polar surface area (TPSA) is 121 Å². The molecule has 2 amide bonds. The van der Waals surface area contributed by atoms with E-state index in [2.05, 4.69) is 5.32 Å². The van der Waals surface area contributed by atoms with Crippen molar-refractivity contribution >= 4 is 22.8 Å². The summed E-state index contributed by atoms with van der Waals surface area (Å²) < 4.78 is 17.7. The first kappa shape index (κ1) is 26.4. The van der Waals surface area contributed by atoms with Crippen LogP contribution in [0.3, 0.4) is 0 Å². The molecule has 0 saturated heterocycles. The zero-order valence-corrected chi connectivity index (χ0v) is 22.4. The molecular weight excluding hydrogens is 512 g/mol. The molecule has 3 aromatic rings. The number of carbonyl (C=O) groups is 2. The summed E-state index contributed by atoms with van der Waals surface area (Å²) in [5.74, 6) is 0.0778. The second-order valence-corrected chi connectivity index (χ2v) is 10.7. The van der Waals surface area contributed by atoms with Crippen molar-refractivity contribution in [3.8, 4) is 11.5 Å². The molecule has 40 heavy (non-hydrogen) atoms. The van der Waals surface area contributed by atoms with Crippen LogP contribution in [0.25, 0.3) is 11.0 Å². The van der Waals surface area contributed by atoms with Gasteiger partial charge in [0.2, 0.25) is 5.91 Å². The number of para-hydroxylation sites is 2. The lowest BCUT2D eigenvalue weighted by molar-refractivity contribution is -0.118. The van der Waals surface area contributed by atoms with Gasteiger partial charge in [0.1, 0.15) is 18.0 Å². The standard InChI is InChI=1S/C31H34N2O7/c1-38-24-13-7-8-18-16-25(40-28(18)24)31(37)33(19-9-3-2-4-10-19)22-17-21(30(36)32-14-15-34)26-20-11-5-6-12-23(20)39-29(26)27(22)35/h5-8,11-13,16-17,19,22,26-27,29,34-35H,2-4,9-10,14-15H2,1H3,(H,32,36)/t22-,26+,27+,29+/m1/s1. The molecule has 1 fully saturated rings. The third kappa shape index (κ3) is 4.53. The van der Waals surface area contributed by atoms with Crippen LogP contribution in [0.5, 0.6) is 11.5 Å². The third-order valence-electron chi connectivity index (χ3n) is 8.34. The van der Waals surface area contributed by atoms with E-state index in [9.17, 15) is 19.8 Å². The van der Waals surface area contributed by atoms with E-state index in [0.29, 0.717) is 22.7 Å². The molecule has 210 valence electrons. The molecule has 0 unspecified atom stereocenters. The molecule has 9 nitrogen and oxygen atoms in total. The number of methoxy groups -OCH3 is 1. The molecule has 1 saturated carbocycles. The Morgan fingerprint density at radius 3 is 2.67 bits per heavy atom. The van der Waals surface area contributed by atoms with Crippen molar-refractivity contribution in [2.45, 2.75) is 62.3 Å². The average molecular weight is 547 g/mol. The lowest BCUT2D eigenvalue weighted by Gasteiger charge is -2.44. The Bertz CT molecular complexity index is 1440. The summed E-state index contributed by atoms with van der Waals surface area (Å²) in [4.78, 5) is 29.4. The first-order valence-corrected chi connectivity index (χ1v) is 14.0. The number of rotatable bonds is 7. The second-order valence-electron chi connectivity index (χ2n) is 10.7. The molecule has 1 aliphatic heterocycles. The van der Waals surface area contributed by atoms with Crippen molar-refractivity contribution in [3.05, 3.63) is 71.5 Å². The minimum Gasteiger partial charge on any atom is -0.493 e. The van der Waals surface area contributed by atoms with Crippen LogP contribution in [0.4, 0.5) is 0 Å².